The number of hydrogen-bond acceptors (Lipinski definition) is 9. The van der Waals surface area contributed by atoms with Crippen molar-refractivity contribution in [1.82, 2.24) is 19.9 Å². The van der Waals surface area contributed by atoms with E-state index in [1.54, 1.807) is 29.2 Å². The Bertz CT molecular complexity index is 1400. The van der Waals surface area contributed by atoms with Gasteiger partial charge >= 0.3 is 6.18 Å². The Labute approximate surface area is 228 Å². The van der Waals surface area contributed by atoms with E-state index in [2.05, 4.69) is 37.5 Å². The van der Waals surface area contributed by atoms with E-state index >= 15 is 0 Å². The lowest BCUT2D eigenvalue weighted by molar-refractivity contribution is -0.137. The molecule has 1 atom stereocenters. The molecule has 11 nitrogen and oxygen atoms in total. The quantitative estimate of drug-likeness (QED) is 0.249. The fourth-order valence-corrected chi connectivity index (χ4v) is 4.11. The van der Waals surface area contributed by atoms with Gasteiger partial charge in [-0.05, 0) is 42.8 Å². The first-order valence-electron chi connectivity index (χ1n) is 12.1. The highest BCUT2D eigenvalue weighted by molar-refractivity contribution is 5.99. The van der Waals surface area contributed by atoms with E-state index in [9.17, 15) is 22.8 Å². The first-order valence-corrected chi connectivity index (χ1v) is 12.1. The molecule has 2 aromatic heterocycles. The van der Waals surface area contributed by atoms with Crippen molar-refractivity contribution in [2.24, 2.45) is 0 Å². The summed E-state index contributed by atoms with van der Waals surface area (Å²) >= 11 is 0. The summed E-state index contributed by atoms with van der Waals surface area (Å²) in [6.07, 6.45) is -1.38. The molecule has 0 bridgehead atoms. The Morgan fingerprint density at radius 3 is 2.65 bits per heavy atom. The summed E-state index contributed by atoms with van der Waals surface area (Å²) in [5.41, 5.74) is -0.140. The summed E-state index contributed by atoms with van der Waals surface area (Å²) in [5.74, 6) is -0.322. The minimum absolute atomic E-state index is 0.0803. The molecule has 0 aliphatic carbocycles. The minimum atomic E-state index is -4.74. The van der Waals surface area contributed by atoms with E-state index < -0.39 is 23.5 Å². The van der Waals surface area contributed by atoms with Crippen LogP contribution in [0.5, 0.6) is 5.88 Å². The van der Waals surface area contributed by atoms with Crippen molar-refractivity contribution in [1.29, 1.82) is 0 Å². The van der Waals surface area contributed by atoms with Crippen molar-refractivity contribution in [2.75, 3.05) is 48.1 Å². The van der Waals surface area contributed by atoms with Crippen LogP contribution in [0.4, 0.5) is 47.8 Å². The van der Waals surface area contributed by atoms with Crippen LogP contribution >= 0.6 is 0 Å². The van der Waals surface area contributed by atoms with Crippen LogP contribution in [-0.2, 0) is 15.8 Å². The van der Waals surface area contributed by atoms with Crippen molar-refractivity contribution >= 4 is 47.0 Å². The van der Waals surface area contributed by atoms with Gasteiger partial charge in [0, 0.05) is 43.8 Å². The van der Waals surface area contributed by atoms with Crippen molar-refractivity contribution in [3.05, 3.63) is 60.8 Å². The number of benzene rings is 1. The van der Waals surface area contributed by atoms with Crippen LogP contribution in [0.3, 0.4) is 0 Å². The highest BCUT2D eigenvalue weighted by atomic mass is 19.4. The Morgan fingerprint density at radius 2 is 1.98 bits per heavy atom. The zero-order chi connectivity index (χ0) is 28.9. The topological polar surface area (TPSA) is 125 Å². The number of hydrogen-bond donors (Lipinski definition) is 3. The van der Waals surface area contributed by atoms with Gasteiger partial charge in [0.15, 0.2) is 0 Å². The van der Waals surface area contributed by atoms with Crippen molar-refractivity contribution in [3.8, 4) is 5.88 Å². The third kappa shape index (κ3) is 6.57. The molecule has 0 spiro atoms. The third-order valence-electron chi connectivity index (χ3n) is 6.21. The fourth-order valence-electron chi connectivity index (χ4n) is 4.11. The predicted molar refractivity (Wildman–Crippen MR) is 144 cm³/mol. The maximum Gasteiger partial charge on any atom is 0.421 e. The Kier molecular flexibility index (Phi) is 8.36. The lowest BCUT2D eigenvalue weighted by atomic mass is 10.2. The van der Waals surface area contributed by atoms with Crippen molar-refractivity contribution in [2.45, 2.75) is 18.6 Å². The summed E-state index contributed by atoms with van der Waals surface area (Å²) < 4.78 is 46.7. The van der Waals surface area contributed by atoms with Crippen LogP contribution < -0.4 is 25.6 Å². The molecule has 1 fully saturated rings. The maximum atomic E-state index is 13.8. The van der Waals surface area contributed by atoms with Crippen LogP contribution in [-0.4, -0.2) is 65.5 Å². The number of methoxy groups -OCH3 is 1. The second-order valence-corrected chi connectivity index (χ2v) is 8.86. The number of likely N-dealkylation sites (N-methyl/N-ethyl adjacent to an activating group) is 1. The molecule has 1 saturated heterocycles. The van der Waals surface area contributed by atoms with Crippen LogP contribution in [0.15, 0.2) is 55.3 Å². The first kappa shape index (κ1) is 28.1. The highest BCUT2D eigenvalue weighted by Crippen LogP contribution is 2.36. The lowest BCUT2D eigenvalue weighted by Crippen LogP contribution is -2.34. The van der Waals surface area contributed by atoms with E-state index in [4.69, 9.17) is 4.74 Å². The highest BCUT2D eigenvalue weighted by Gasteiger charge is 2.35. The SMILES string of the molecule is C=CC(=O)Nc1cccc(Nc2nc(Nc3ccc(N(C)C4CCN(C=O)C4)nc3OC)ncc2C(F)(F)F)c1. The van der Waals surface area contributed by atoms with Crippen LogP contribution in [0.1, 0.15) is 12.0 Å². The monoisotopic (exact) mass is 556 g/mol. The largest absolute Gasteiger partial charge is 0.479 e. The number of likely N-dealkylation sites (tertiary alicyclic amines) is 1. The van der Waals surface area contributed by atoms with Gasteiger partial charge in [0.05, 0.1) is 7.11 Å². The standard InChI is InChI=1S/C26H27F3N8O3/c1-4-22(39)31-16-6-5-7-17(12-16)32-23-19(26(27,28)29)13-30-25(35-23)33-20-8-9-21(34-24(20)40-3)36(2)18-10-11-37(14-18)15-38/h4-9,12-13,15,18H,1,10-11,14H2,2-3H3,(H,31,39)(H2,30,32,33,35). The zero-order valence-corrected chi connectivity index (χ0v) is 21.7. The second-order valence-electron chi connectivity index (χ2n) is 8.86. The van der Waals surface area contributed by atoms with Crippen LogP contribution in [0.25, 0.3) is 0 Å². The number of carbonyl (C=O) groups excluding carboxylic acids is 2. The van der Waals surface area contributed by atoms with E-state index in [1.165, 1.54) is 19.2 Å². The molecule has 40 heavy (non-hydrogen) atoms. The number of halogens is 3. The molecule has 0 radical (unpaired) electrons. The van der Waals surface area contributed by atoms with E-state index in [-0.39, 0.29) is 23.6 Å². The predicted octanol–water partition coefficient (Wildman–Crippen LogP) is 4.18. The Hall–Kier alpha value is -4.88. The number of carbonyl (C=O) groups is 2. The summed E-state index contributed by atoms with van der Waals surface area (Å²) in [7, 11) is 3.28. The molecule has 0 saturated carbocycles. The number of pyridine rings is 1. The van der Waals surface area contributed by atoms with Gasteiger partial charge in [-0.15, -0.1) is 0 Å². The molecule has 2 amide bonds. The first-order chi connectivity index (χ1) is 19.1. The number of aromatic nitrogens is 3. The van der Waals surface area contributed by atoms with Crippen molar-refractivity contribution in [3.63, 3.8) is 0 Å². The van der Waals surface area contributed by atoms with Gasteiger partial charge in [-0.1, -0.05) is 12.6 Å². The van der Waals surface area contributed by atoms with Gasteiger partial charge in [-0.3, -0.25) is 9.59 Å². The fraction of sp³-hybridized carbons (Fsp3) is 0.269. The van der Waals surface area contributed by atoms with Crippen molar-refractivity contribution < 1.29 is 27.5 Å². The molecule has 1 aromatic carbocycles. The summed E-state index contributed by atoms with van der Waals surface area (Å²) in [6, 6.07) is 9.58. The molecule has 3 heterocycles. The summed E-state index contributed by atoms with van der Waals surface area (Å²) in [5, 5.41) is 8.07. The van der Waals surface area contributed by atoms with E-state index in [0.29, 0.717) is 36.5 Å². The third-order valence-corrected chi connectivity index (χ3v) is 6.21. The number of nitrogens with one attached hydrogen (secondary N) is 3. The molecule has 1 aliphatic rings. The summed E-state index contributed by atoms with van der Waals surface area (Å²) in [6.45, 7) is 4.60. The minimum Gasteiger partial charge on any atom is -0.479 e. The van der Waals surface area contributed by atoms with Crippen LogP contribution in [0, 0.1) is 0 Å². The lowest BCUT2D eigenvalue weighted by Gasteiger charge is -2.26. The molecule has 3 N–H and O–H groups in total. The van der Waals surface area contributed by atoms with Gasteiger partial charge in [0.1, 0.15) is 22.9 Å². The van der Waals surface area contributed by atoms with E-state index in [1.807, 2.05) is 11.9 Å². The van der Waals surface area contributed by atoms with Gasteiger partial charge in [0.2, 0.25) is 24.1 Å². The Morgan fingerprint density at radius 1 is 1.20 bits per heavy atom. The molecule has 4 rings (SSSR count). The van der Waals surface area contributed by atoms with Gasteiger partial charge in [-0.25, -0.2) is 4.98 Å². The van der Waals surface area contributed by atoms with E-state index in [0.717, 1.165) is 18.9 Å². The molecule has 3 aromatic rings. The van der Waals surface area contributed by atoms with Gasteiger partial charge in [0.25, 0.3) is 0 Å². The molecular formula is C26H27F3N8O3. The molecular weight excluding hydrogens is 529 g/mol. The smallest absolute Gasteiger partial charge is 0.421 e. The van der Waals surface area contributed by atoms with Crippen LogP contribution in [0.2, 0.25) is 0 Å². The second kappa shape index (κ2) is 11.9. The number of amides is 2. The maximum absolute atomic E-state index is 13.8. The molecule has 1 unspecified atom stereocenters. The number of nitrogens with zero attached hydrogens (tertiary/aromatic N) is 5. The molecule has 1 aliphatic heterocycles. The Balaban J connectivity index is 1.58. The van der Waals surface area contributed by atoms with Gasteiger partial charge in [-0.2, -0.15) is 23.1 Å². The van der Waals surface area contributed by atoms with Gasteiger partial charge < -0.3 is 30.5 Å². The number of ether oxygens (including phenoxy) is 1. The summed E-state index contributed by atoms with van der Waals surface area (Å²) in [4.78, 5) is 38.7. The zero-order valence-electron chi connectivity index (χ0n) is 21.7. The number of rotatable bonds is 10. The molecule has 14 heteroatoms. The number of anilines is 6. The normalized spacial score (nSPS) is 14.8. The average Bonchev–Trinajstić information content (AvgIpc) is 3.42. The average molecular weight is 557 g/mol. The number of alkyl halides is 3. The molecule has 210 valence electrons.